The van der Waals surface area contributed by atoms with Gasteiger partial charge in [-0.3, -0.25) is 4.79 Å². The molecule has 0 radical (unpaired) electrons. The Morgan fingerprint density at radius 2 is 1.91 bits per heavy atom. The van der Waals surface area contributed by atoms with Gasteiger partial charge in [0.15, 0.2) is 6.61 Å². The highest BCUT2D eigenvalue weighted by atomic mass is 79.9. The van der Waals surface area contributed by atoms with Crippen LogP contribution in [0.5, 0.6) is 11.5 Å². The van der Waals surface area contributed by atoms with Gasteiger partial charge in [-0.1, -0.05) is 28.1 Å². The van der Waals surface area contributed by atoms with Gasteiger partial charge < -0.3 is 9.84 Å². The Morgan fingerprint density at radius 1 is 1.22 bits per heavy atom. The van der Waals surface area contributed by atoms with Crippen LogP contribution in [0.2, 0.25) is 0 Å². The van der Waals surface area contributed by atoms with Crippen molar-refractivity contribution in [2.24, 2.45) is 5.10 Å². The van der Waals surface area contributed by atoms with Gasteiger partial charge in [0.1, 0.15) is 11.5 Å². The molecule has 2 aromatic rings. The SMILES string of the molecule is O=C(COc1c(Br)cc(Br)cc1Br)N/N=C\c1cccc(O)c1. The molecule has 23 heavy (non-hydrogen) atoms. The standard InChI is InChI=1S/C15H11Br3N2O3/c16-10-5-12(17)15(13(18)6-10)23-8-14(22)20-19-7-9-2-1-3-11(21)4-9/h1-7,21H,8H2,(H,20,22)/b19-7-. The van der Waals surface area contributed by atoms with Crippen molar-refractivity contribution in [3.05, 3.63) is 55.4 Å². The number of halogens is 3. The van der Waals surface area contributed by atoms with Gasteiger partial charge in [0.2, 0.25) is 0 Å². The van der Waals surface area contributed by atoms with Gasteiger partial charge in [0.05, 0.1) is 15.2 Å². The number of benzene rings is 2. The number of nitrogens with one attached hydrogen (secondary N) is 1. The van der Waals surface area contributed by atoms with E-state index in [0.29, 0.717) is 11.3 Å². The second kappa shape index (κ2) is 8.47. The fourth-order valence-corrected chi connectivity index (χ4v) is 4.11. The first-order chi connectivity index (χ1) is 11.0. The number of hydrazone groups is 1. The number of amides is 1. The van der Waals surface area contributed by atoms with E-state index in [1.165, 1.54) is 12.3 Å². The first-order valence-electron chi connectivity index (χ1n) is 6.34. The normalized spacial score (nSPS) is 10.7. The van der Waals surface area contributed by atoms with Crippen molar-refractivity contribution in [2.45, 2.75) is 0 Å². The van der Waals surface area contributed by atoms with Gasteiger partial charge in [-0.05, 0) is 61.7 Å². The largest absolute Gasteiger partial charge is 0.508 e. The van der Waals surface area contributed by atoms with E-state index < -0.39 is 5.91 Å². The van der Waals surface area contributed by atoms with Crippen LogP contribution in [-0.2, 0) is 4.79 Å². The maximum atomic E-state index is 11.7. The van der Waals surface area contributed by atoms with E-state index in [2.05, 4.69) is 58.3 Å². The zero-order valence-corrected chi connectivity index (χ0v) is 16.4. The molecule has 0 saturated heterocycles. The molecule has 0 bridgehead atoms. The predicted octanol–water partition coefficient (Wildman–Crippen LogP) is 4.21. The van der Waals surface area contributed by atoms with Crippen LogP contribution in [-0.4, -0.2) is 23.8 Å². The number of carbonyl (C=O) groups excluding carboxylic acids is 1. The maximum absolute atomic E-state index is 11.7. The quantitative estimate of drug-likeness (QED) is 0.471. The summed E-state index contributed by atoms with van der Waals surface area (Å²) in [6.45, 7) is -0.184. The Labute approximate surface area is 158 Å². The molecule has 8 heteroatoms. The molecule has 2 N–H and O–H groups in total. The molecule has 2 rings (SSSR count). The monoisotopic (exact) mass is 504 g/mol. The number of carbonyl (C=O) groups is 1. The highest BCUT2D eigenvalue weighted by Crippen LogP contribution is 2.36. The summed E-state index contributed by atoms with van der Waals surface area (Å²) in [5.41, 5.74) is 3.03. The molecule has 0 aromatic heterocycles. The molecule has 0 aliphatic rings. The molecule has 0 aliphatic heterocycles. The van der Waals surface area contributed by atoms with Crippen molar-refractivity contribution >= 4 is 59.9 Å². The Balaban J connectivity index is 1.88. The lowest BCUT2D eigenvalue weighted by Gasteiger charge is -2.09. The number of hydrogen-bond donors (Lipinski definition) is 2. The molecule has 0 unspecified atom stereocenters. The summed E-state index contributed by atoms with van der Waals surface area (Å²) < 4.78 is 7.78. The molecule has 1 amide bonds. The zero-order chi connectivity index (χ0) is 16.8. The van der Waals surface area contributed by atoms with E-state index in [-0.39, 0.29) is 12.4 Å². The number of nitrogens with zero attached hydrogens (tertiary/aromatic N) is 1. The lowest BCUT2D eigenvalue weighted by atomic mass is 10.2. The Morgan fingerprint density at radius 3 is 2.57 bits per heavy atom. The summed E-state index contributed by atoms with van der Waals surface area (Å²) in [7, 11) is 0. The Bertz CT molecular complexity index is 727. The van der Waals surface area contributed by atoms with Crippen LogP contribution < -0.4 is 10.2 Å². The molecule has 5 nitrogen and oxygen atoms in total. The second-order valence-electron chi connectivity index (χ2n) is 4.38. The fourth-order valence-electron chi connectivity index (χ4n) is 1.62. The summed E-state index contributed by atoms with van der Waals surface area (Å²) in [5.74, 6) is 0.261. The van der Waals surface area contributed by atoms with Crippen molar-refractivity contribution in [3.63, 3.8) is 0 Å². The number of rotatable bonds is 5. The van der Waals surface area contributed by atoms with Crippen LogP contribution in [0.3, 0.4) is 0 Å². The van der Waals surface area contributed by atoms with Crippen LogP contribution in [0.25, 0.3) is 0 Å². The molecule has 0 atom stereocenters. The molecule has 2 aromatic carbocycles. The number of hydrogen-bond acceptors (Lipinski definition) is 4. The van der Waals surface area contributed by atoms with Crippen LogP contribution >= 0.6 is 47.8 Å². The zero-order valence-electron chi connectivity index (χ0n) is 11.6. The first kappa shape index (κ1) is 18.0. The van der Waals surface area contributed by atoms with Crippen molar-refractivity contribution in [3.8, 4) is 11.5 Å². The van der Waals surface area contributed by atoms with Crippen LogP contribution in [0.15, 0.2) is 54.9 Å². The van der Waals surface area contributed by atoms with Crippen LogP contribution in [0.1, 0.15) is 5.56 Å². The topological polar surface area (TPSA) is 70.9 Å². The van der Waals surface area contributed by atoms with Crippen molar-refractivity contribution in [1.82, 2.24) is 5.43 Å². The summed E-state index contributed by atoms with van der Waals surface area (Å²) in [5, 5.41) is 13.1. The molecule has 0 fully saturated rings. The lowest BCUT2D eigenvalue weighted by Crippen LogP contribution is -2.24. The van der Waals surface area contributed by atoms with Gasteiger partial charge >= 0.3 is 0 Å². The smallest absolute Gasteiger partial charge is 0.277 e. The minimum absolute atomic E-state index is 0.133. The molecule has 0 aliphatic carbocycles. The lowest BCUT2D eigenvalue weighted by molar-refractivity contribution is -0.123. The Kier molecular flexibility index (Phi) is 6.61. The third kappa shape index (κ3) is 5.63. The van der Waals surface area contributed by atoms with Gasteiger partial charge in [0, 0.05) is 4.47 Å². The third-order valence-electron chi connectivity index (χ3n) is 2.58. The van der Waals surface area contributed by atoms with Crippen LogP contribution in [0.4, 0.5) is 0 Å². The molecule has 0 saturated carbocycles. The van der Waals surface area contributed by atoms with E-state index in [1.54, 1.807) is 18.2 Å². The number of ether oxygens (including phenoxy) is 1. The van der Waals surface area contributed by atoms with Crippen LogP contribution in [0, 0.1) is 0 Å². The predicted molar refractivity (Wildman–Crippen MR) is 98.9 cm³/mol. The van der Waals surface area contributed by atoms with E-state index in [9.17, 15) is 9.90 Å². The number of phenolic OH excluding ortho intramolecular Hbond substituents is 1. The van der Waals surface area contributed by atoms with Crippen molar-refractivity contribution in [2.75, 3.05) is 6.61 Å². The van der Waals surface area contributed by atoms with Gasteiger partial charge in [-0.25, -0.2) is 5.43 Å². The van der Waals surface area contributed by atoms with E-state index >= 15 is 0 Å². The summed E-state index contributed by atoms with van der Waals surface area (Å²) in [6.07, 6.45) is 1.43. The minimum atomic E-state index is -0.400. The number of aromatic hydroxyl groups is 1. The summed E-state index contributed by atoms with van der Waals surface area (Å²) in [4.78, 5) is 11.7. The van der Waals surface area contributed by atoms with E-state index in [0.717, 1.165) is 13.4 Å². The summed E-state index contributed by atoms with van der Waals surface area (Å²) in [6, 6.07) is 10.2. The highest BCUT2D eigenvalue weighted by molar-refractivity contribution is 9.11. The van der Waals surface area contributed by atoms with Gasteiger partial charge in [-0.2, -0.15) is 5.10 Å². The molecular formula is C15H11Br3N2O3. The second-order valence-corrected chi connectivity index (χ2v) is 7.00. The van der Waals surface area contributed by atoms with Gasteiger partial charge in [-0.15, -0.1) is 0 Å². The van der Waals surface area contributed by atoms with Crippen molar-refractivity contribution in [1.29, 1.82) is 0 Å². The maximum Gasteiger partial charge on any atom is 0.277 e. The van der Waals surface area contributed by atoms with Crippen molar-refractivity contribution < 1.29 is 14.6 Å². The first-order valence-corrected chi connectivity index (χ1v) is 8.72. The Hall–Kier alpha value is -1.38. The average Bonchev–Trinajstić information content (AvgIpc) is 2.46. The fraction of sp³-hybridized carbons (Fsp3) is 0.0667. The third-order valence-corrected chi connectivity index (χ3v) is 4.22. The molecule has 120 valence electrons. The summed E-state index contributed by atoms with van der Waals surface area (Å²) >= 11 is 10.1. The molecule has 0 heterocycles. The molecule has 0 spiro atoms. The van der Waals surface area contributed by atoms with E-state index in [4.69, 9.17) is 4.74 Å². The van der Waals surface area contributed by atoms with E-state index in [1.807, 2.05) is 12.1 Å². The highest BCUT2D eigenvalue weighted by Gasteiger charge is 2.10. The number of phenols is 1. The van der Waals surface area contributed by atoms with Gasteiger partial charge in [0.25, 0.3) is 5.91 Å². The minimum Gasteiger partial charge on any atom is -0.508 e. The average molecular weight is 507 g/mol. The molecular weight excluding hydrogens is 496 g/mol.